The topological polar surface area (TPSA) is 75.4 Å². The molecule has 21 heavy (non-hydrogen) atoms. The summed E-state index contributed by atoms with van der Waals surface area (Å²) in [6.45, 7) is 9.48. The minimum atomic E-state index is -0.450. The van der Waals surface area contributed by atoms with E-state index in [9.17, 15) is 9.59 Å². The summed E-state index contributed by atoms with van der Waals surface area (Å²) in [6.07, 6.45) is 3.44. The van der Waals surface area contributed by atoms with Gasteiger partial charge in [-0.05, 0) is 31.6 Å². The Hall–Kier alpha value is -1.10. The Morgan fingerprint density at radius 2 is 1.71 bits per heavy atom. The number of hydrogen-bond donors (Lipinski definition) is 2. The molecule has 0 aliphatic carbocycles. The Morgan fingerprint density at radius 3 is 2.14 bits per heavy atom. The van der Waals surface area contributed by atoms with Gasteiger partial charge in [-0.3, -0.25) is 9.59 Å². The van der Waals surface area contributed by atoms with Crippen molar-refractivity contribution in [1.29, 1.82) is 0 Å². The molecule has 0 aromatic rings. The quantitative estimate of drug-likeness (QED) is 0.780. The van der Waals surface area contributed by atoms with E-state index in [0.717, 1.165) is 38.8 Å². The molecule has 1 rings (SSSR count). The molecule has 1 saturated heterocycles. The predicted molar refractivity (Wildman–Crippen MR) is 84.6 cm³/mol. The van der Waals surface area contributed by atoms with Crippen LogP contribution in [0, 0.1) is 11.8 Å². The van der Waals surface area contributed by atoms with Crippen molar-refractivity contribution in [2.75, 3.05) is 13.1 Å². The molecule has 5 heteroatoms. The average molecular weight is 297 g/mol. The molecule has 0 aromatic heterocycles. The molecule has 0 saturated carbocycles. The third-order valence-corrected chi connectivity index (χ3v) is 4.51. The number of nitrogens with two attached hydrogens (primary N) is 1. The molecule has 0 bridgehead atoms. The number of nitrogens with one attached hydrogen (secondary N) is 1. The van der Waals surface area contributed by atoms with E-state index in [1.54, 1.807) is 0 Å². The van der Waals surface area contributed by atoms with Gasteiger partial charge in [0.2, 0.25) is 11.8 Å². The maximum Gasteiger partial charge on any atom is 0.237 e. The van der Waals surface area contributed by atoms with Gasteiger partial charge in [0.25, 0.3) is 0 Å². The second-order valence-electron chi connectivity index (χ2n) is 6.39. The molecule has 0 aromatic carbocycles. The van der Waals surface area contributed by atoms with Crippen molar-refractivity contribution in [3.05, 3.63) is 0 Å². The number of rotatable bonds is 6. The maximum absolute atomic E-state index is 12.3. The monoisotopic (exact) mass is 297 g/mol. The summed E-state index contributed by atoms with van der Waals surface area (Å²) in [5.41, 5.74) is 5.85. The fourth-order valence-electron chi connectivity index (χ4n) is 2.74. The smallest absolute Gasteiger partial charge is 0.237 e. The highest BCUT2D eigenvalue weighted by atomic mass is 16.2. The number of carbonyl (C=O) groups is 2. The van der Waals surface area contributed by atoms with Crippen LogP contribution in [0.3, 0.4) is 0 Å². The van der Waals surface area contributed by atoms with Crippen LogP contribution in [0.15, 0.2) is 0 Å². The third-order valence-electron chi connectivity index (χ3n) is 4.51. The van der Waals surface area contributed by atoms with Crippen LogP contribution >= 0.6 is 0 Å². The summed E-state index contributed by atoms with van der Waals surface area (Å²) in [5.74, 6) is 0.477. The largest absolute Gasteiger partial charge is 0.352 e. The average Bonchev–Trinajstić information content (AvgIpc) is 2.48. The van der Waals surface area contributed by atoms with Gasteiger partial charge in [0.05, 0.1) is 6.04 Å². The molecule has 0 unspecified atom stereocenters. The van der Waals surface area contributed by atoms with Crippen LogP contribution in [0.5, 0.6) is 0 Å². The van der Waals surface area contributed by atoms with Gasteiger partial charge in [0, 0.05) is 25.0 Å². The number of piperidine rings is 1. The van der Waals surface area contributed by atoms with E-state index in [1.165, 1.54) is 0 Å². The van der Waals surface area contributed by atoms with Gasteiger partial charge in [-0.2, -0.15) is 0 Å². The van der Waals surface area contributed by atoms with Crippen LogP contribution in [0.2, 0.25) is 0 Å². The van der Waals surface area contributed by atoms with E-state index in [1.807, 2.05) is 18.7 Å². The molecule has 3 N–H and O–H groups in total. The van der Waals surface area contributed by atoms with Crippen LogP contribution in [0.1, 0.15) is 53.4 Å². The lowest BCUT2D eigenvalue weighted by atomic mass is 9.98. The lowest BCUT2D eigenvalue weighted by Crippen LogP contribution is -2.52. The molecule has 1 aliphatic heterocycles. The Balaban J connectivity index is 2.42. The first-order valence-electron chi connectivity index (χ1n) is 8.25. The zero-order valence-corrected chi connectivity index (χ0v) is 13.9. The summed E-state index contributed by atoms with van der Waals surface area (Å²) >= 11 is 0. The van der Waals surface area contributed by atoms with Gasteiger partial charge in [-0.1, -0.05) is 27.7 Å². The zero-order chi connectivity index (χ0) is 16.0. The molecule has 0 radical (unpaired) electrons. The number of nitrogens with zero attached hydrogens (tertiary/aromatic N) is 1. The Morgan fingerprint density at radius 1 is 1.19 bits per heavy atom. The van der Waals surface area contributed by atoms with Gasteiger partial charge in [0.15, 0.2) is 0 Å². The normalized spacial score (nSPS) is 18.1. The fraction of sp³-hybridized carbons (Fsp3) is 0.875. The summed E-state index contributed by atoms with van der Waals surface area (Å²) in [6, 6.07) is -0.303. The molecule has 1 fully saturated rings. The molecule has 1 heterocycles. The highest BCUT2D eigenvalue weighted by molar-refractivity contribution is 5.82. The van der Waals surface area contributed by atoms with Gasteiger partial charge in [-0.25, -0.2) is 0 Å². The lowest BCUT2D eigenvalue weighted by molar-refractivity contribution is -0.137. The van der Waals surface area contributed by atoms with Crippen molar-refractivity contribution in [3.63, 3.8) is 0 Å². The molecule has 1 aliphatic rings. The number of carbonyl (C=O) groups excluding carboxylic acids is 2. The van der Waals surface area contributed by atoms with E-state index in [0.29, 0.717) is 0 Å². The van der Waals surface area contributed by atoms with Crippen LogP contribution in [-0.2, 0) is 9.59 Å². The van der Waals surface area contributed by atoms with E-state index in [4.69, 9.17) is 5.73 Å². The van der Waals surface area contributed by atoms with E-state index in [-0.39, 0.29) is 29.7 Å². The van der Waals surface area contributed by atoms with E-state index in [2.05, 4.69) is 19.2 Å². The first-order valence-corrected chi connectivity index (χ1v) is 8.25. The van der Waals surface area contributed by atoms with E-state index < -0.39 is 6.04 Å². The maximum atomic E-state index is 12.3. The molecule has 2 amide bonds. The second kappa shape index (κ2) is 8.37. The van der Waals surface area contributed by atoms with Crippen molar-refractivity contribution in [1.82, 2.24) is 10.2 Å². The van der Waals surface area contributed by atoms with Crippen LogP contribution in [0.4, 0.5) is 0 Å². The van der Waals surface area contributed by atoms with Gasteiger partial charge >= 0.3 is 0 Å². The van der Waals surface area contributed by atoms with E-state index >= 15 is 0 Å². The van der Waals surface area contributed by atoms with Gasteiger partial charge < -0.3 is 16.0 Å². The fourth-order valence-corrected chi connectivity index (χ4v) is 2.74. The minimum Gasteiger partial charge on any atom is -0.352 e. The summed E-state index contributed by atoms with van der Waals surface area (Å²) < 4.78 is 0. The third kappa shape index (κ3) is 4.99. The Kier molecular flexibility index (Phi) is 7.15. The molecular weight excluding hydrogens is 266 g/mol. The Bertz CT molecular complexity index is 345. The zero-order valence-electron chi connectivity index (χ0n) is 13.9. The van der Waals surface area contributed by atoms with Crippen LogP contribution in [-0.4, -0.2) is 41.9 Å². The second-order valence-corrected chi connectivity index (χ2v) is 6.39. The SMILES string of the molecule is CCC(CC)C(=O)N1CCC(NC(=O)[C@@H](N)C(C)C)CC1. The number of likely N-dealkylation sites (tertiary alicyclic amines) is 1. The van der Waals surface area contributed by atoms with Gasteiger partial charge in [0.1, 0.15) is 0 Å². The first-order chi connectivity index (χ1) is 9.90. The Labute approximate surface area is 128 Å². The molecule has 122 valence electrons. The van der Waals surface area contributed by atoms with Gasteiger partial charge in [-0.15, -0.1) is 0 Å². The van der Waals surface area contributed by atoms with Crippen LogP contribution < -0.4 is 11.1 Å². The molecule has 1 atom stereocenters. The summed E-state index contributed by atoms with van der Waals surface area (Å²) in [4.78, 5) is 26.2. The van der Waals surface area contributed by atoms with Crippen LogP contribution in [0.25, 0.3) is 0 Å². The number of hydrogen-bond acceptors (Lipinski definition) is 3. The number of amides is 2. The van der Waals surface area contributed by atoms with Crippen molar-refractivity contribution in [2.24, 2.45) is 17.6 Å². The first kappa shape index (κ1) is 18.0. The summed E-state index contributed by atoms with van der Waals surface area (Å²) in [7, 11) is 0. The minimum absolute atomic E-state index is 0.0743. The van der Waals surface area contributed by atoms with Crippen molar-refractivity contribution in [3.8, 4) is 0 Å². The standard InChI is InChI=1S/C16H31N3O2/c1-5-12(6-2)16(21)19-9-7-13(8-10-19)18-15(20)14(17)11(3)4/h11-14H,5-10,17H2,1-4H3,(H,18,20)/t14-/m0/s1. The highest BCUT2D eigenvalue weighted by Crippen LogP contribution is 2.17. The lowest BCUT2D eigenvalue weighted by Gasteiger charge is -2.34. The summed E-state index contributed by atoms with van der Waals surface area (Å²) in [5, 5.41) is 3.01. The van der Waals surface area contributed by atoms with Crippen molar-refractivity contribution >= 4 is 11.8 Å². The predicted octanol–water partition coefficient (Wildman–Crippen LogP) is 1.51. The molecule has 0 spiro atoms. The molecule has 5 nitrogen and oxygen atoms in total. The molecular formula is C16H31N3O2. The van der Waals surface area contributed by atoms with Crippen molar-refractivity contribution < 1.29 is 9.59 Å². The van der Waals surface area contributed by atoms with Crippen molar-refractivity contribution in [2.45, 2.75) is 65.5 Å². The highest BCUT2D eigenvalue weighted by Gasteiger charge is 2.28.